The number of benzene rings is 1. The first-order valence-electron chi connectivity index (χ1n) is 6.65. The second-order valence-electron chi connectivity index (χ2n) is 4.67. The standard InChI is InChI=1S/C15H16N2O4S/c1-3-17(14-13(15(18)19)8-5-9-16-14)22(20,21)12-7-4-6-11(2)10-12/h4-10H,3H2,1-2H3,(H,18,19). The highest BCUT2D eigenvalue weighted by Gasteiger charge is 2.28. The van der Waals surface area contributed by atoms with E-state index in [9.17, 15) is 18.3 Å². The molecule has 0 amide bonds. The molecule has 1 aromatic heterocycles. The minimum atomic E-state index is -3.88. The highest BCUT2D eigenvalue weighted by molar-refractivity contribution is 7.92. The fraction of sp³-hybridized carbons (Fsp3) is 0.200. The second-order valence-corrected chi connectivity index (χ2v) is 6.53. The Hall–Kier alpha value is -2.41. The summed E-state index contributed by atoms with van der Waals surface area (Å²) in [5, 5.41) is 9.23. The maximum absolute atomic E-state index is 12.8. The first kappa shape index (κ1) is 16.0. The van der Waals surface area contributed by atoms with Crippen LogP contribution in [0.25, 0.3) is 0 Å². The van der Waals surface area contributed by atoms with Gasteiger partial charge < -0.3 is 5.11 Å². The number of anilines is 1. The third-order valence-corrected chi connectivity index (χ3v) is 4.98. The van der Waals surface area contributed by atoms with Crippen LogP contribution in [0.4, 0.5) is 5.82 Å². The second kappa shape index (κ2) is 6.15. The van der Waals surface area contributed by atoms with Crippen molar-refractivity contribution in [3.63, 3.8) is 0 Å². The van der Waals surface area contributed by atoms with Gasteiger partial charge in [-0.2, -0.15) is 0 Å². The predicted molar refractivity (Wildman–Crippen MR) is 82.6 cm³/mol. The van der Waals surface area contributed by atoms with E-state index in [1.54, 1.807) is 32.0 Å². The molecule has 6 nitrogen and oxygen atoms in total. The molecule has 0 aliphatic carbocycles. The summed E-state index contributed by atoms with van der Waals surface area (Å²) in [5.41, 5.74) is 0.650. The lowest BCUT2D eigenvalue weighted by atomic mass is 10.2. The number of nitrogens with zero attached hydrogens (tertiary/aromatic N) is 2. The van der Waals surface area contributed by atoms with Gasteiger partial charge in [-0.25, -0.2) is 22.5 Å². The average molecular weight is 320 g/mol. The lowest BCUT2D eigenvalue weighted by Crippen LogP contribution is -2.33. The van der Waals surface area contributed by atoms with E-state index < -0.39 is 16.0 Å². The van der Waals surface area contributed by atoms with Gasteiger partial charge in [0, 0.05) is 12.7 Å². The van der Waals surface area contributed by atoms with Crippen molar-refractivity contribution >= 4 is 21.8 Å². The Morgan fingerprint density at radius 1 is 1.27 bits per heavy atom. The van der Waals surface area contributed by atoms with Crippen molar-refractivity contribution in [2.24, 2.45) is 0 Å². The number of carboxylic acids is 1. The zero-order chi connectivity index (χ0) is 16.3. The first-order valence-corrected chi connectivity index (χ1v) is 8.09. The van der Waals surface area contributed by atoms with Gasteiger partial charge >= 0.3 is 5.97 Å². The van der Waals surface area contributed by atoms with Crippen LogP contribution in [0.15, 0.2) is 47.5 Å². The number of pyridine rings is 1. The minimum Gasteiger partial charge on any atom is -0.478 e. The number of aromatic carboxylic acids is 1. The fourth-order valence-corrected chi connectivity index (χ4v) is 3.65. The molecular formula is C15H16N2O4S. The van der Waals surface area contributed by atoms with Gasteiger partial charge in [0.15, 0.2) is 5.82 Å². The van der Waals surface area contributed by atoms with Gasteiger partial charge in [0.1, 0.15) is 5.56 Å². The molecule has 0 atom stereocenters. The van der Waals surface area contributed by atoms with E-state index in [1.807, 2.05) is 0 Å². The molecule has 0 spiro atoms. The zero-order valence-corrected chi connectivity index (χ0v) is 13.0. The summed E-state index contributed by atoms with van der Waals surface area (Å²) >= 11 is 0. The van der Waals surface area contributed by atoms with E-state index in [4.69, 9.17) is 0 Å². The van der Waals surface area contributed by atoms with Gasteiger partial charge in [-0.3, -0.25) is 0 Å². The Balaban J connectivity index is 2.60. The van der Waals surface area contributed by atoms with Crippen LogP contribution in [0.3, 0.4) is 0 Å². The summed E-state index contributed by atoms with van der Waals surface area (Å²) in [6.45, 7) is 3.50. The van der Waals surface area contributed by atoms with Crippen LogP contribution in [0.2, 0.25) is 0 Å². The van der Waals surface area contributed by atoms with Crippen LogP contribution in [0.5, 0.6) is 0 Å². The van der Waals surface area contributed by atoms with E-state index in [0.29, 0.717) is 0 Å². The first-order chi connectivity index (χ1) is 10.4. The molecule has 0 aliphatic heterocycles. The van der Waals surface area contributed by atoms with Gasteiger partial charge in [-0.15, -0.1) is 0 Å². The van der Waals surface area contributed by atoms with Crippen LogP contribution < -0.4 is 4.31 Å². The molecule has 116 valence electrons. The molecule has 2 aromatic rings. The molecule has 1 N–H and O–H groups in total. The van der Waals surface area contributed by atoms with E-state index in [1.165, 1.54) is 24.4 Å². The largest absolute Gasteiger partial charge is 0.478 e. The third kappa shape index (κ3) is 2.94. The number of aromatic nitrogens is 1. The Labute approximate surface area is 129 Å². The van der Waals surface area contributed by atoms with Gasteiger partial charge in [0.25, 0.3) is 10.0 Å². The van der Waals surface area contributed by atoms with Crippen molar-refractivity contribution in [2.45, 2.75) is 18.7 Å². The lowest BCUT2D eigenvalue weighted by Gasteiger charge is -2.23. The molecule has 0 radical (unpaired) electrons. The van der Waals surface area contributed by atoms with Crippen molar-refractivity contribution < 1.29 is 18.3 Å². The fourth-order valence-electron chi connectivity index (χ4n) is 2.10. The summed E-state index contributed by atoms with van der Waals surface area (Å²) in [4.78, 5) is 15.4. The van der Waals surface area contributed by atoms with Gasteiger partial charge in [-0.05, 0) is 43.7 Å². The smallest absolute Gasteiger partial charge is 0.339 e. The van der Waals surface area contributed by atoms with Crippen molar-refractivity contribution in [1.29, 1.82) is 0 Å². The van der Waals surface area contributed by atoms with Crippen LogP contribution in [-0.2, 0) is 10.0 Å². The van der Waals surface area contributed by atoms with E-state index >= 15 is 0 Å². The van der Waals surface area contributed by atoms with Gasteiger partial charge in [-0.1, -0.05) is 12.1 Å². The van der Waals surface area contributed by atoms with Crippen LogP contribution in [-0.4, -0.2) is 31.0 Å². The number of aryl methyl sites for hydroxylation is 1. The summed E-state index contributed by atoms with van der Waals surface area (Å²) in [5.74, 6) is -1.31. The SMILES string of the molecule is CCN(c1ncccc1C(=O)O)S(=O)(=O)c1cccc(C)c1. The summed E-state index contributed by atoms with van der Waals surface area (Å²) < 4.78 is 26.6. The molecule has 0 saturated carbocycles. The lowest BCUT2D eigenvalue weighted by molar-refractivity contribution is 0.0697. The Bertz CT molecular complexity index is 803. The number of hydrogen-bond acceptors (Lipinski definition) is 4. The molecule has 0 saturated heterocycles. The number of carboxylic acid groups (broad SMARTS) is 1. The van der Waals surface area contributed by atoms with Crippen molar-refractivity contribution in [3.05, 3.63) is 53.7 Å². The third-order valence-electron chi connectivity index (χ3n) is 3.12. The van der Waals surface area contributed by atoms with Crippen LogP contribution >= 0.6 is 0 Å². The molecule has 0 aliphatic rings. The molecule has 0 fully saturated rings. The molecule has 22 heavy (non-hydrogen) atoms. The number of carbonyl (C=O) groups is 1. The topological polar surface area (TPSA) is 87.6 Å². The van der Waals surface area contributed by atoms with Crippen LogP contribution in [0.1, 0.15) is 22.8 Å². The molecular weight excluding hydrogens is 304 g/mol. The molecule has 0 unspecified atom stereocenters. The molecule has 7 heteroatoms. The van der Waals surface area contributed by atoms with E-state index in [-0.39, 0.29) is 22.8 Å². The molecule has 1 heterocycles. The summed E-state index contributed by atoms with van der Waals surface area (Å²) in [7, 11) is -3.88. The quantitative estimate of drug-likeness (QED) is 0.913. The van der Waals surface area contributed by atoms with Crippen molar-refractivity contribution in [3.8, 4) is 0 Å². The zero-order valence-electron chi connectivity index (χ0n) is 12.2. The normalized spacial score (nSPS) is 11.2. The number of hydrogen-bond donors (Lipinski definition) is 1. The maximum Gasteiger partial charge on any atom is 0.339 e. The maximum atomic E-state index is 12.8. The Morgan fingerprint density at radius 3 is 2.59 bits per heavy atom. The summed E-state index contributed by atoms with van der Waals surface area (Å²) in [6, 6.07) is 9.25. The predicted octanol–water partition coefficient (Wildman–Crippen LogP) is 2.30. The van der Waals surface area contributed by atoms with E-state index in [2.05, 4.69) is 4.98 Å². The van der Waals surface area contributed by atoms with Crippen molar-refractivity contribution in [2.75, 3.05) is 10.8 Å². The number of sulfonamides is 1. The van der Waals surface area contributed by atoms with Crippen LogP contribution in [0, 0.1) is 6.92 Å². The Kier molecular flexibility index (Phi) is 4.46. The summed E-state index contributed by atoms with van der Waals surface area (Å²) in [6.07, 6.45) is 1.37. The van der Waals surface area contributed by atoms with Gasteiger partial charge in [0.2, 0.25) is 0 Å². The van der Waals surface area contributed by atoms with Crippen molar-refractivity contribution in [1.82, 2.24) is 4.98 Å². The van der Waals surface area contributed by atoms with Gasteiger partial charge in [0.05, 0.1) is 4.90 Å². The molecule has 0 bridgehead atoms. The molecule has 2 rings (SSSR count). The Morgan fingerprint density at radius 2 is 2.00 bits per heavy atom. The average Bonchev–Trinajstić information content (AvgIpc) is 2.48. The van der Waals surface area contributed by atoms with E-state index in [0.717, 1.165) is 9.87 Å². The highest BCUT2D eigenvalue weighted by Crippen LogP contribution is 2.25. The highest BCUT2D eigenvalue weighted by atomic mass is 32.2. The molecule has 1 aromatic carbocycles. The minimum absolute atomic E-state index is 0.0770. The monoisotopic (exact) mass is 320 g/mol. The number of rotatable bonds is 5.